The molecule has 0 unspecified atom stereocenters. The highest BCUT2D eigenvalue weighted by molar-refractivity contribution is 6.07. The SMILES string of the molecule is COC1=CC(c2nc3c(c(N(C)CC(=O)Nc4cnc(OC)nc4)n2)CCC3)=NCC=C1. The molecule has 1 aliphatic heterocycles. The first-order valence-electron chi connectivity index (χ1n) is 10.3. The molecule has 3 heterocycles. The third kappa shape index (κ3) is 4.74. The van der Waals surface area contributed by atoms with Crippen LogP contribution < -0.4 is 15.0 Å². The summed E-state index contributed by atoms with van der Waals surface area (Å²) in [7, 11) is 4.95. The van der Waals surface area contributed by atoms with Gasteiger partial charge in [-0.1, -0.05) is 6.08 Å². The summed E-state index contributed by atoms with van der Waals surface area (Å²) in [5.74, 6) is 1.78. The molecule has 0 saturated heterocycles. The summed E-state index contributed by atoms with van der Waals surface area (Å²) in [6.45, 7) is 0.638. The smallest absolute Gasteiger partial charge is 0.316 e. The van der Waals surface area contributed by atoms with E-state index in [9.17, 15) is 4.79 Å². The average Bonchev–Trinajstić information content (AvgIpc) is 3.15. The third-order valence-corrected chi connectivity index (χ3v) is 5.14. The number of likely N-dealkylation sites (N-methyl/N-ethyl adjacent to an activating group) is 1. The summed E-state index contributed by atoms with van der Waals surface area (Å²) < 4.78 is 10.3. The molecule has 2 aromatic heterocycles. The van der Waals surface area contributed by atoms with Gasteiger partial charge in [0, 0.05) is 24.4 Å². The molecule has 0 aromatic carbocycles. The number of anilines is 2. The van der Waals surface area contributed by atoms with Gasteiger partial charge in [0.05, 0.1) is 45.4 Å². The van der Waals surface area contributed by atoms with E-state index in [1.807, 2.05) is 30.2 Å². The molecule has 0 fully saturated rings. The highest BCUT2D eigenvalue weighted by Crippen LogP contribution is 2.29. The highest BCUT2D eigenvalue weighted by atomic mass is 16.5. The second kappa shape index (κ2) is 9.54. The third-order valence-electron chi connectivity index (χ3n) is 5.14. The van der Waals surface area contributed by atoms with E-state index in [1.165, 1.54) is 19.5 Å². The van der Waals surface area contributed by atoms with Gasteiger partial charge >= 0.3 is 6.01 Å². The maximum Gasteiger partial charge on any atom is 0.316 e. The fraction of sp³-hybridized carbons (Fsp3) is 0.364. The lowest BCUT2D eigenvalue weighted by molar-refractivity contribution is -0.114. The average molecular weight is 435 g/mol. The molecule has 0 radical (unpaired) electrons. The standard InChI is InChI=1S/C22H25N7O3/c1-29(13-19(30)26-14-11-24-22(32-3)25-12-14)21-16-7-4-8-17(16)27-20(28-21)18-10-15(31-2)6-5-9-23-18/h5-6,10-12H,4,7-9,13H2,1-3H3,(H,26,30). The molecule has 32 heavy (non-hydrogen) atoms. The Morgan fingerprint density at radius 3 is 2.72 bits per heavy atom. The van der Waals surface area contributed by atoms with Crippen LogP contribution in [-0.4, -0.2) is 65.9 Å². The lowest BCUT2D eigenvalue weighted by Crippen LogP contribution is -2.32. The maximum absolute atomic E-state index is 12.6. The highest BCUT2D eigenvalue weighted by Gasteiger charge is 2.24. The molecule has 0 bridgehead atoms. The Labute approximate surface area is 186 Å². The number of nitrogens with zero attached hydrogens (tertiary/aromatic N) is 6. The predicted molar refractivity (Wildman–Crippen MR) is 120 cm³/mol. The van der Waals surface area contributed by atoms with Crippen LogP contribution in [0.15, 0.2) is 41.4 Å². The number of allylic oxidation sites excluding steroid dienone is 2. The van der Waals surface area contributed by atoms with Crippen LogP contribution in [0, 0.1) is 0 Å². The Hall–Kier alpha value is -3.82. The number of methoxy groups -OCH3 is 2. The van der Waals surface area contributed by atoms with Crippen molar-refractivity contribution < 1.29 is 14.3 Å². The lowest BCUT2D eigenvalue weighted by atomic mass is 10.2. The molecule has 1 aliphatic carbocycles. The number of amides is 1. The second-order valence-corrected chi connectivity index (χ2v) is 7.39. The first-order chi connectivity index (χ1) is 15.6. The van der Waals surface area contributed by atoms with Crippen molar-refractivity contribution in [3.05, 3.63) is 53.5 Å². The van der Waals surface area contributed by atoms with Crippen molar-refractivity contribution in [2.75, 3.05) is 44.6 Å². The minimum atomic E-state index is -0.203. The van der Waals surface area contributed by atoms with Crippen molar-refractivity contribution in [3.63, 3.8) is 0 Å². The van der Waals surface area contributed by atoms with Gasteiger partial charge in [0.1, 0.15) is 17.3 Å². The zero-order chi connectivity index (χ0) is 22.5. The van der Waals surface area contributed by atoms with Gasteiger partial charge in [0.25, 0.3) is 0 Å². The number of hydrogen-bond acceptors (Lipinski definition) is 9. The number of carbonyl (C=O) groups is 1. The zero-order valence-electron chi connectivity index (χ0n) is 18.3. The lowest BCUT2D eigenvalue weighted by Gasteiger charge is -2.21. The minimum Gasteiger partial charge on any atom is -0.497 e. The van der Waals surface area contributed by atoms with Crippen molar-refractivity contribution in [2.24, 2.45) is 4.99 Å². The normalized spacial score (nSPS) is 14.7. The predicted octanol–water partition coefficient (Wildman–Crippen LogP) is 1.73. The van der Waals surface area contributed by atoms with Crippen LogP contribution >= 0.6 is 0 Å². The van der Waals surface area contributed by atoms with Crippen molar-refractivity contribution in [1.82, 2.24) is 19.9 Å². The summed E-state index contributed by atoms with van der Waals surface area (Å²) in [6.07, 6.45) is 11.4. The van der Waals surface area contributed by atoms with Gasteiger partial charge in [-0.05, 0) is 25.3 Å². The second-order valence-electron chi connectivity index (χ2n) is 7.39. The number of ether oxygens (including phenoxy) is 2. The van der Waals surface area contributed by atoms with E-state index in [-0.39, 0.29) is 18.5 Å². The summed E-state index contributed by atoms with van der Waals surface area (Å²) >= 11 is 0. The number of nitrogens with one attached hydrogen (secondary N) is 1. The number of carbonyl (C=O) groups excluding carboxylic acids is 1. The Balaban J connectivity index is 1.55. The van der Waals surface area contributed by atoms with Gasteiger partial charge in [-0.15, -0.1) is 0 Å². The Morgan fingerprint density at radius 1 is 1.16 bits per heavy atom. The van der Waals surface area contributed by atoms with Crippen LogP contribution in [0.3, 0.4) is 0 Å². The summed E-state index contributed by atoms with van der Waals surface area (Å²) in [4.78, 5) is 36.6. The molecule has 1 amide bonds. The zero-order valence-corrected chi connectivity index (χ0v) is 18.3. The number of hydrogen-bond donors (Lipinski definition) is 1. The number of fused-ring (bicyclic) bond motifs is 1. The van der Waals surface area contributed by atoms with E-state index < -0.39 is 0 Å². The van der Waals surface area contributed by atoms with Crippen LogP contribution in [0.4, 0.5) is 11.5 Å². The van der Waals surface area contributed by atoms with Crippen LogP contribution in [0.5, 0.6) is 6.01 Å². The van der Waals surface area contributed by atoms with E-state index in [1.54, 1.807) is 7.11 Å². The molecule has 2 aromatic rings. The van der Waals surface area contributed by atoms with Crippen molar-refractivity contribution in [2.45, 2.75) is 19.3 Å². The number of aromatic nitrogens is 4. The molecule has 4 rings (SSSR count). The van der Waals surface area contributed by atoms with E-state index in [2.05, 4.69) is 20.3 Å². The number of aliphatic imine (C=N–C) groups is 1. The minimum absolute atomic E-state index is 0.113. The first-order valence-corrected chi connectivity index (χ1v) is 10.3. The number of aryl methyl sites for hydroxylation is 1. The van der Waals surface area contributed by atoms with Gasteiger partial charge in [-0.3, -0.25) is 9.79 Å². The fourth-order valence-corrected chi connectivity index (χ4v) is 3.63. The molecule has 166 valence electrons. The van der Waals surface area contributed by atoms with E-state index >= 15 is 0 Å². The molecule has 0 saturated carbocycles. The van der Waals surface area contributed by atoms with Crippen LogP contribution in [0.25, 0.3) is 0 Å². The molecule has 0 spiro atoms. The quantitative estimate of drug-likeness (QED) is 0.699. The van der Waals surface area contributed by atoms with Crippen molar-refractivity contribution >= 4 is 23.1 Å². The van der Waals surface area contributed by atoms with Gasteiger partial charge in [-0.25, -0.2) is 19.9 Å². The topological polar surface area (TPSA) is 115 Å². The maximum atomic E-state index is 12.6. The molecule has 0 atom stereocenters. The Morgan fingerprint density at radius 2 is 1.97 bits per heavy atom. The van der Waals surface area contributed by atoms with Gasteiger partial charge in [0.15, 0.2) is 5.82 Å². The van der Waals surface area contributed by atoms with Crippen molar-refractivity contribution in [1.29, 1.82) is 0 Å². The molecule has 10 heteroatoms. The Bertz CT molecular complexity index is 1090. The van der Waals surface area contributed by atoms with Crippen LogP contribution in [-0.2, 0) is 22.4 Å². The van der Waals surface area contributed by atoms with Crippen molar-refractivity contribution in [3.8, 4) is 6.01 Å². The monoisotopic (exact) mass is 435 g/mol. The van der Waals surface area contributed by atoms with E-state index in [4.69, 9.17) is 19.4 Å². The molecule has 10 nitrogen and oxygen atoms in total. The summed E-state index contributed by atoms with van der Waals surface area (Å²) in [6, 6.07) is 0.242. The largest absolute Gasteiger partial charge is 0.497 e. The molecule has 1 N–H and O–H groups in total. The van der Waals surface area contributed by atoms with E-state index in [0.29, 0.717) is 29.5 Å². The molecular weight excluding hydrogens is 410 g/mol. The summed E-state index contributed by atoms with van der Waals surface area (Å²) in [5.41, 5.74) is 3.25. The fourth-order valence-electron chi connectivity index (χ4n) is 3.63. The number of rotatable bonds is 7. The summed E-state index contributed by atoms with van der Waals surface area (Å²) in [5, 5.41) is 2.80. The van der Waals surface area contributed by atoms with Gasteiger partial charge < -0.3 is 19.7 Å². The van der Waals surface area contributed by atoms with E-state index in [0.717, 1.165) is 36.3 Å². The Kier molecular flexibility index (Phi) is 6.39. The van der Waals surface area contributed by atoms with Gasteiger partial charge in [0.2, 0.25) is 5.91 Å². The first kappa shape index (κ1) is 21.4. The molecule has 2 aliphatic rings. The van der Waals surface area contributed by atoms with Crippen LogP contribution in [0.2, 0.25) is 0 Å². The van der Waals surface area contributed by atoms with Gasteiger partial charge in [-0.2, -0.15) is 0 Å². The van der Waals surface area contributed by atoms with Crippen LogP contribution in [0.1, 0.15) is 23.5 Å². The molecular formula is C22H25N7O3.